The van der Waals surface area contributed by atoms with Gasteiger partial charge in [0.15, 0.2) is 0 Å². The summed E-state index contributed by atoms with van der Waals surface area (Å²) in [4.78, 5) is 15.7. The number of phenols is 1. The second kappa shape index (κ2) is 18.6. The Bertz CT molecular complexity index is 1120. The molecule has 272 valence electrons. The molecule has 2 N–H and O–H groups in total. The number of aliphatic hydroxyl groups excluding tert-OH is 1. The van der Waals surface area contributed by atoms with E-state index in [1.54, 1.807) is 6.07 Å². The molecule has 7 atom stereocenters. The first-order chi connectivity index (χ1) is 23.3. The molecule has 0 heterocycles. The Morgan fingerprint density at radius 1 is 0.896 bits per heavy atom. The molecule has 3 fully saturated rings. The van der Waals surface area contributed by atoms with Crippen LogP contribution in [-0.2, 0) is 11.2 Å². The smallest absolute Gasteiger partial charge is 0.222 e. The fourth-order valence-electron chi connectivity index (χ4n) is 10.8. The van der Waals surface area contributed by atoms with E-state index in [1.807, 2.05) is 12.1 Å². The van der Waals surface area contributed by atoms with Crippen molar-refractivity contribution < 1.29 is 19.4 Å². The monoisotopic (exact) mass is 668 g/mol. The van der Waals surface area contributed by atoms with Crippen molar-refractivity contribution in [3.8, 4) is 5.75 Å². The highest BCUT2D eigenvalue weighted by atomic mass is 19.1. The molecule has 1 aromatic rings. The van der Waals surface area contributed by atoms with E-state index in [4.69, 9.17) is 0 Å². The number of phenolic OH excluding ortho intramolecular Hbond substituents is 1. The zero-order chi connectivity index (χ0) is 33.9. The highest BCUT2D eigenvalue weighted by molar-refractivity contribution is 5.76. The molecule has 0 spiro atoms. The number of fused-ring (bicyclic) bond motifs is 5. The molecule has 4 aliphatic rings. The van der Waals surface area contributed by atoms with Gasteiger partial charge >= 0.3 is 0 Å². The van der Waals surface area contributed by atoms with Gasteiger partial charge in [-0.2, -0.15) is 0 Å². The molecule has 0 saturated heterocycles. The number of alkyl halides is 1. The van der Waals surface area contributed by atoms with Crippen molar-refractivity contribution in [1.29, 1.82) is 0 Å². The van der Waals surface area contributed by atoms with Gasteiger partial charge in [0.2, 0.25) is 5.91 Å². The quantitative estimate of drug-likeness (QED) is 0.144. The van der Waals surface area contributed by atoms with E-state index in [1.165, 1.54) is 83.5 Å². The van der Waals surface area contributed by atoms with Crippen LogP contribution in [0.3, 0.4) is 0 Å². The predicted molar refractivity (Wildman–Crippen MR) is 196 cm³/mol. The summed E-state index contributed by atoms with van der Waals surface area (Å²) in [7, 11) is 0. The molecular formula is C43H70FNO3. The second-order valence-corrected chi connectivity index (χ2v) is 17.0. The Labute approximate surface area is 293 Å². The third-order valence-electron chi connectivity index (χ3n) is 13.6. The molecule has 1 amide bonds. The summed E-state index contributed by atoms with van der Waals surface area (Å²) in [5, 5.41) is 21.2. The van der Waals surface area contributed by atoms with Crippen LogP contribution in [0.15, 0.2) is 18.2 Å². The normalized spacial score (nSPS) is 30.1. The average Bonchev–Trinajstić information content (AvgIpc) is 3.37. The van der Waals surface area contributed by atoms with Crippen LogP contribution < -0.4 is 0 Å². The van der Waals surface area contributed by atoms with E-state index in [0.717, 1.165) is 82.0 Å². The molecule has 0 radical (unpaired) electrons. The van der Waals surface area contributed by atoms with E-state index >= 15 is 4.39 Å². The van der Waals surface area contributed by atoms with Crippen molar-refractivity contribution in [3.63, 3.8) is 0 Å². The minimum Gasteiger partial charge on any atom is -0.508 e. The number of benzene rings is 1. The first-order valence-corrected chi connectivity index (χ1v) is 20.7. The molecule has 0 aliphatic heterocycles. The molecular weight excluding hydrogens is 597 g/mol. The van der Waals surface area contributed by atoms with Crippen molar-refractivity contribution in [2.45, 2.75) is 186 Å². The molecule has 1 aromatic carbocycles. The van der Waals surface area contributed by atoms with Crippen molar-refractivity contribution in [2.75, 3.05) is 13.1 Å². The third kappa shape index (κ3) is 9.58. The van der Waals surface area contributed by atoms with Gasteiger partial charge in [0, 0.05) is 25.4 Å². The van der Waals surface area contributed by atoms with E-state index in [9.17, 15) is 15.0 Å². The molecule has 5 heteroatoms. The predicted octanol–water partition coefficient (Wildman–Crippen LogP) is 11.1. The van der Waals surface area contributed by atoms with Gasteiger partial charge in [-0.25, -0.2) is 4.39 Å². The van der Waals surface area contributed by atoms with Gasteiger partial charge in [-0.15, -0.1) is 0 Å². The second-order valence-electron chi connectivity index (χ2n) is 17.0. The number of aliphatic hydroxyl groups is 1. The van der Waals surface area contributed by atoms with Crippen LogP contribution in [0, 0.1) is 29.1 Å². The van der Waals surface area contributed by atoms with E-state index in [-0.39, 0.29) is 23.0 Å². The zero-order valence-electron chi connectivity index (χ0n) is 30.8. The molecule has 4 aliphatic carbocycles. The van der Waals surface area contributed by atoms with Gasteiger partial charge < -0.3 is 15.1 Å². The van der Waals surface area contributed by atoms with Gasteiger partial charge in [-0.1, -0.05) is 110 Å². The lowest BCUT2D eigenvalue weighted by atomic mass is 9.51. The number of unbranched alkanes of at least 4 members (excludes halogenated alkanes) is 11. The van der Waals surface area contributed by atoms with E-state index in [0.29, 0.717) is 36.5 Å². The Morgan fingerprint density at radius 2 is 1.58 bits per heavy atom. The van der Waals surface area contributed by atoms with Gasteiger partial charge in [-0.3, -0.25) is 4.79 Å². The van der Waals surface area contributed by atoms with Crippen LogP contribution in [0.25, 0.3) is 0 Å². The number of carbonyl (C=O) groups excluding carboxylic acids is 1. The van der Waals surface area contributed by atoms with E-state index in [2.05, 4.69) is 18.7 Å². The molecule has 4 nitrogen and oxygen atoms in total. The maximum atomic E-state index is 16.1. The number of hydrogen-bond donors (Lipinski definition) is 2. The van der Waals surface area contributed by atoms with Crippen molar-refractivity contribution in [3.05, 3.63) is 29.3 Å². The molecule has 48 heavy (non-hydrogen) atoms. The summed E-state index contributed by atoms with van der Waals surface area (Å²) in [5.74, 6) is 2.24. The van der Waals surface area contributed by atoms with Gasteiger partial charge in [-0.05, 0) is 110 Å². The molecule has 0 unspecified atom stereocenters. The summed E-state index contributed by atoms with van der Waals surface area (Å²) in [6.45, 7) is 6.28. The summed E-state index contributed by atoms with van der Waals surface area (Å²) in [5.41, 5.74) is 1.92. The van der Waals surface area contributed by atoms with Gasteiger partial charge in [0.25, 0.3) is 0 Å². The van der Waals surface area contributed by atoms with Crippen LogP contribution in [0.4, 0.5) is 4.39 Å². The highest BCUT2D eigenvalue weighted by Crippen LogP contribution is 2.63. The lowest BCUT2D eigenvalue weighted by Crippen LogP contribution is -2.51. The Balaban J connectivity index is 1.09. The number of aromatic hydroxyl groups is 1. The average molecular weight is 668 g/mol. The van der Waals surface area contributed by atoms with Crippen molar-refractivity contribution in [1.82, 2.24) is 4.90 Å². The summed E-state index contributed by atoms with van der Waals surface area (Å²) >= 11 is 0. The Morgan fingerprint density at radius 3 is 2.33 bits per heavy atom. The first kappa shape index (κ1) is 37.6. The van der Waals surface area contributed by atoms with Crippen molar-refractivity contribution >= 4 is 5.91 Å². The number of amides is 1. The number of rotatable bonds is 19. The Hall–Kier alpha value is -1.62. The van der Waals surface area contributed by atoms with Crippen LogP contribution >= 0.6 is 0 Å². The fourth-order valence-corrected chi connectivity index (χ4v) is 10.8. The largest absolute Gasteiger partial charge is 0.508 e. The summed E-state index contributed by atoms with van der Waals surface area (Å²) in [6.07, 6.45) is 26.2. The van der Waals surface area contributed by atoms with Crippen molar-refractivity contribution in [2.24, 2.45) is 29.1 Å². The summed E-state index contributed by atoms with van der Waals surface area (Å²) < 4.78 is 16.1. The standard InChI is InChI=1S/C43H70FNO3/c1-3-4-5-6-7-8-9-10-17-22-40(48)45(31-32-19-14-13-15-20-32)27-18-12-11-16-21-33-28-34-29-35(46)23-24-36(34)42-38(44)30-43(2)37(41(33)42)25-26-39(43)47/h23-24,29,32-33,37-39,41-42,46-47H,3-22,25-28,30-31H2,1-2H3/t33-,37+,38+,39+,41+,42+,43+/m1/s1. The lowest BCUT2D eigenvalue weighted by molar-refractivity contribution is -0.132. The maximum Gasteiger partial charge on any atom is 0.222 e. The zero-order valence-corrected chi connectivity index (χ0v) is 30.8. The first-order valence-electron chi connectivity index (χ1n) is 20.7. The number of nitrogens with zero attached hydrogens (tertiary/aromatic N) is 1. The minimum atomic E-state index is -0.946. The van der Waals surface area contributed by atoms with Crippen LogP contribution in [0.1, 0.15) is 179 Å². The number of halogens is 1. The third-order valence-corrected chi connectivity index (χ3v) is 13.6. The van der Waals surface area contributed by atoms with E-state index < -0.39 is 12.3 Å². The molecule has 0 aromatic heterocycles. The maximum absolute atomic E-state index is 16.1. The SMILES string of the molecule is CCCCCCCCCCCC(=O)N(CCCCCC[C@@H]1Cc2cc(O)ccc2[C@@H]2[C@@H]1[C@@H]1CC[C@H](O)[C@@]1(C)C[C@@H]2F)CC1CCCCC1. The molecule has 5 rings (SSSR count). The highest BCUT2D eigenvalue weighted by Gasteiger charge is 2.59. The van der Waals surface area contributed by atoms with Gasteiger partial charge in [0.1, 0.15) is 11.9 Å². The van der Waals surface area contributed by atoms with Crippen LogP contribution in [0.5, 0.6) is 5.75 Å². The summed E-state index contributed by atoms with van der Waals surface area (Å²) in [6, 6.07) is 5.60. The number of carbonyl (C=O) groups is 1. The number of hydrogen-bond acceptors (Lipinski definition) is 3. The Kier molecular flexibility index (Phi) is 14.6. The van der Waals surface area contributed by atoms with Crippen LogP contribution in [0.2, 0.25) is 0 Å². The van der Waals surface area contributed by atoms with Crippen LogP contribution in [-0.4, -0.2) is 46.4 Å². The minimum absolute atomic E-state index is 0.118. The molecule has 0 bridgehead atoms. The molecule has 3 saturated carbocycles. The lowest BCUT2D eigenvalue weighted by Gasteiger charge is -2.54. The van der Waals surface area contributed by atoms with Gasteiger partial charge in [0.05, 0.1) is 6.10 Å². The fraction of sp³-hybridized carbons (Fsp3) is 0.837. The topological polar surface area (TPSA) is 60.8 Å².